The lowest BCUT2D eigenvalue weighted by molar-refractivity contribution is 0.102. The Kier molecular flexibility index (Phi) is 6.90. The van der Waals surface area contributed by atoms with E-state index in [-0.39, 0.29) is 10.5 Å². The summed E-state index contributed by atoms with van der Waals surface area (Å²) in [7, 11) is -3.95. The van der Waals surface area contributed by atoms with Crippen molar-refractivity contribution in [3.63, 3.8) is 0 Å². The summed E-state index contributed by atoms with van der Waals surface area (Å²) < 4.78 is 29.1. The van der Waals surface area contributed by atoms with Gasteiger partial charge in [0.1, 0.15) is 0 Å². The summed E-state index contributed by atoms with van der Waals surface area (Å²) in [6.07, 6.45) is 3.50. The third kappa shape index (κ3) is 5.17. The lowest BCUT2D eigenvalue weighted by atomic mass is 10.1. The van der Waals surface area contributed by atoms with Gasteiger partial charge in [0.25, 0.3) is 5.91 Å². The van der Waals surface area contributed by atoms with Crippen molar-refractivity contribution in [2.75, 3.05) is 54.5 Å². The summed E-state index contributed by atoms with van der Waals surface area (Å²) in [5.41, 5.74) is 2.35. The van der Waals surface area contributed by atoms with E-state index >= 15 is 0 Å². The maximum absolute atomic E-state index is 13.2. The molecule has 2 aliphatic rings. The van der Waals surface area contributed by atoms with Crippen molar-refractivity contribution in [3.05, 3.63) is 47.0 Å². The number of benzene rings is 2. The van der Waals surface area contributed by atoms with Crippen LogP contribution in [0.2, 0.25) is 5.02 Å². The summed E-state index contributed by atoms with van der Waals surface area (Å²) >= 11 is 6.52. The van der Waals surface area contributed by atoms with E-state index in [1.54, 1.807) is 12.1 Å². The first-order valence-corrected chi connectivity index (χ1v) is 12.6. The summed E-state index contributed by atoms with van der Waals surface area (Å²) in [5.74, 6) is -0.432. The van der Waals surface area contributed by atoms with Gasteiger partial charge < -0.3 is 19.9 Å². The number of nitrogens with zero attached hydrogens (tertiary/aromatic N) is 2. The molecule has 0 radical (unpaired) electrons. The van der Waals surface area contributed by atoms with Crippen molar-refractivity contribution >= 4 is 44.6 Å². The molecule has 2 saturated heterocycles. The summed E-state index contributed by atoms with van der Waals surface area (Å²) in [5, 5.41) is 8.72. The molecule has 172 valence electrons. The van der Waals surface area contributed by atoms with Gasteiger partial charge >= 0.3 is 0 Å². The highest BCUT2D eigenvalue weighted by Gasteiger charge is 2.22. The monoisotopic (exact) mass is 478 g/mol. The number of nitrogens with two attached hydrogens (primary N) is 1. The molecule has 10 heteroatoms. The second-order valence-corrected chi connectivity index (χ2v) is 9.96. The SMILES string of the molecule is NS(=O)(=O)c1ccc(N2CCOCC2)c(C(=O)Nc2ccc(N3CCCCC3)c(Cl)c2)c1. The number of primary sulfonamides is 1. The topological polar surface area (TPSA) is 105 Å². The van der Waals surface area contributed by atoms with Crippen LogP contribution >= 0.6 is 11.6 Å². The average molecular weight is 479 g/mol. The Bertz CT molecular complexity index is 1100. The Morgan fingerprint density at radius 1 is 0.938 bits per heavy atom. The number of ether oxygens (including phenoxy) is 1. The number of carbonyl (C=O) groups is 1. The number of hydrogen-bond acceptors (Lipinski definition) is 6. The lowest BCUT2D eigenvalue weighted by Crippen LogP contribution is -2.37. The van der Waals surface area contributed by atoms with Gasteiger partial charge in [-0.05, 0) is 55.7 Å². The standard InChI is InChI=1S/C22H27ClN4O4S/c23-19-14-16(4-6-21(19)26-8-2-1-3-9-26)25-22(28)18-15-17(32(24,29)30)5-7-20(18)27-10-12-31-13-11-27/h4-7,14-15H,1-3,8-13H2,(H,25,28)(H2,24,29,30). The number of anilines is 3. The summed E-state index contributed by atoms with van der Waals surface area (Å²) in [6.45, 7) is 4.21. The fraction of sp³-hybridized carbons (Fsp3) is 0.409. The van der Waals surface area contributed by atoms with Gasteiger partial charge in [-0.3, -0.25) is 4.79 Å². The maximum atomic E-state index is 13.2. The first-order valence-electron chi connectivity index (χ1n) is 10.7. The molecule has 0 saturated carbocycles. The van der Waals surface area contributed by atoms with Gasteiger partial charge in [0.05, 0.1) is 34.4 Å². The van der Waals surface area contributed by atoms with E-state index in [1.807, 2.05) is 17.0 Å². The fourth-order valence-electron chi connectivity index (χ4n) is 4.13. The molecule has 2 aromatic rings. The van der Waals surface area contributed by atoms with Crippen LogP contribution < -0.4 is 20.3 Å². The van der Waals surface area contributed by atoms with Crippen molar-refractivity contribution in [3.8, 4) is 0 Å². The zero-order valence-electron chi connectivity index (χ0n) is 17.7. The summed E-state index contributed by atoms with van der Waals surface area (Å²) in [6, 6.07) is 9.80. The van der Waals surface area contributed by atoms with Crippen LogP contribution in [0, 0.1) is 0 Å². The van der Waals surface area contributed by atoms with E-state index in [9.17, 15) is 13.2 Å². The minimum absolute atomic E-state index is 0.113. The average Bonchev–Trinajstić information content (AvgIpc) is 2.79. The van der Waals surface area contributed by atoms with E-state index < -0.39 is 15.9 Å². The van der Waals surface area contributed by atoms with Gasteiger partial charge in [0.15, 0.2) is 0 Å². The molecule has 2 heterocycles. The number of carbonyl (C=O) groups excluding carboxylic acids is 1. The molecule has 0 unspecified atom stereocenters. The van der Waals surface area contributed by atoms with Gasteiger partial charge in [-0.15, -0.1) is 0 Å². The van der Waals surface area contributed by atoms with E-state index in [0.29, 0.717) is 42.7 Å². The molecule has 0 aliphatic carbocycles. The Labute approximate surface area is 193 Å². The molecule has 2 fully saturated rings. The zero-order chi connectivity index (χ0) is 22.7. The van der Waals surface area contributed by atoms with Crippen LogP contribution in [0.5, 0.6) is 0 Å². The molecule has 0 atom stereocenters. The molecule has 0 aromatic heterocycles. The molecule has 3 N–H and O–H groups in total. The van der Waals surface area contributed by atoms with Crippen molar-refractivity contribution < 1.29 is 17.9 Å². The van der Waals surface area contributed by atoms with Crippen LogP contribution in [0.1, 0.15) is 29.6 Å². The Morgan fingerprint density at radius 2 is 1.59 bits per heavy atom. The molecular weight excluding hydrogens is 452 g/mol. The second kappa shape index (κ2) is 9.66. The predicted molar refractivity (Wildman–Crippen MR) is 126 cm³/mol. The van der Waals surface area contributed by atoms with Crippen molar-refractivity contribution in [2.45, 2.75) is 24.2 Å². The van der Waals surface area contributed by atoms with Crippen molar-refractivity contribution in [1.29, 1.82) is 0 Å². The van der Waals surface area contributed by atoms with Gasteiger partial charge in [0.2, 0.25) is 10.0 Å². The number of amides is 1. The number of halogens is 1. The molecule has 32 heavy (non-hydrogen) atoms. The summed E-state index contributed by atoms with van der Waals surface area (Å²) in [4.78, 5) is 17.3. The number of morpholine rings is 1. The highest BCUT2D eigenvalue weighted by Crippen LogP contribution is 2.32. The van der Waals surface area contributed by atoms with E-state index in [0.717, 1.165) is 31.6 Å². The highest BCUT2D eigenvalue weighted by atomic mass is 35.5. The first kappa shape index (κ1) is 22.8. The largest absolute Gasteiger partial charge is 0.378 e. The van der Waals surface area contributed by atoms with E-state index in [2.05, 4.69) is 10.2 Å². The molecule has 1 amide bonds. The van der Waals surface area contributed by atoms with Gasteiger partial charge in [0, 0.05) is 37.6 Å². The van der Waals surface area contributed by atoms with Gasteiger partial charge in [-0.1, -0.05) is 11.6 Å². The molecular formula is C22H27ClN4O4S. The molecule has 0 bridgehead atoms. The Morgan fingerprint density at radius 3 is 2.25 bits per heavy atom. The third-order valence-corrected chi connectivity index (χ3v) is 7.01. The minimum atomic E-state index is -3.95. The number of nitrogens with one attached hydrogen (secondary N) is 1. The van der Waals surface area contributed by atoms with Crippen LogP contribution in [-0.4, -0.2) is 53.7 Å². The first-order chi connectivity index (χ1) is 15.3. The van der Waals surface area contributed by atoms with Crippen LogP contribution in [0.15, 0.2) is 41.3 Å². The number of sulfonamides is 1. The smallest absolute Gasteiger partial charge is 0.257 e. The molecule has 8 nitrogen and oxygen atoms in total. The molecule has 0 spiro atoms. The van der Waals surface area contributed by atoms with Crippen molar-refractivity contribution in [2.24, 2.45) is 5.14 Å². The van der Waals surface area contributed by atoms with Gasteiger partial charge in [-0.25, -0.2) is 13.6 Å². The van der Waals surface area contributed by atoms with Crippen LogP contribution in [-0.2, 0) is 14.8 Å². The Balaban J connectivity index is 1.61. The Hall–Kier alpha value is -2.33. The maximum Gasteiger partial charge on any atom is 0.257 e. The van der Waals surface area contributed by atoms with E-state index in [1.165, 1.54) is 18.6 Å². The second-order valence-electron chi connectivity index (χ2n) is 7.99. The van der Waals surface area contributed by atoms with Crippen LogP contribution in [0.4, 0.5) is 17.1 Å². The van der Waals surface area contributed by atoms with Crippen LogP contribution in [0.3, 0.4) is 0 Å². The van der Waals surface area contributed by atoms with Crippen molar-refractivity contribution in [1.82, 2.24) is 0 Å². The third-order valence-electron chi connectivity index (χ3n) is 5.80. The van der Waals surface area contributed by atoms with Gasteiger partial charge in [-0.2, -0.15) is 0 Å². The number of rotatable bonds is 5. The normalized spacial score (nSPS) is 17.3. The van der Waals surface area contributed by atoms with Crippen LogP contribution in [0.25, 0.3) is 0 Å². The predicted octanol–water partition coefficient (Wildman–Crippen LogP) is 3.07. The number of piperidine rings is 1. The number of hydrogen-bond donors (Lipinski definition) is 2. The highest BCUT2D eigenvalue weighted by molar-refractivity contribution is 7.89. The quantitative estimate of drug-likeness (QED) is 0.684. The fourth-order valence-corrected chi connectivity index (χ4v) is 4.97. The minimum Gasteiger partial charge on any atom is -0.378 e. The molecule has 4 rings (SSSR count). The van der Waals surface area contributed by atoms with E-state index in [4.69, 9.17) is 21.5 Å². The lowest BCUT2D eigenvalue weighted by Gasteiger charge is -2.30. The zero-order valence-corrected chi connectivity index (χ0v) is 19.3. The molecule has 2 aromatic carbocycles. The molecule has 2 aliphatic heterocycles.